The number of anilines is 2. The molecular formula is C21H29N5O. The summed E-state index contributed by atoms with van der Waals surface area (Å²) in [6.45, 7) is 7.28. The van der Waals surface area contributed by atoms with Gasteiger partial charge in [-0.1, -0.05) is 12.1 Å². The predicted molar refractivity (Wildman–Crippen MR) is 109 cm³/mol. The highest BCUT2D eigenvalue weighted by Crippen LogP contribution is 2.22. The van der Waals surface area contributed by atoms with E-state index in [0.29, 0.717) is 0 Å². The molecule has 0 aliphatic carbocycles. The van der Waals surface area contributed by atoms with Crippen LogP contribution in [0.2, 0.25) is 0 Å². The molecule has 0 unspecified atom stereocenters. The van der Waals surface area contributed by atoms with Gasteiger partial charge in [0, 0.05) is 51.9 Å². The molecule has 0 amide bonds. The predicted octanol–water partition coefficient (Wildman–Crippen LogP) is 2.80. The smallest absolute Gasteiger partial charge is 0.134 e. The van der Waals surface area contributed by atoms with Crippen molar-refractivity contribution in [3.05, 3.63) is 42.2 Å². The fourth-order valence-electron chi connectivity index (χ4n) is 3.97. The molecule has 6 heteroatoms. The van der Waals surface area contributed by atoms with E-state index in [1.54, 1.807) is 13.4 Å². The van der Waals surface area contributed by atoms with Gasteiger partial charge in [0.1, 0.15) is 23.7 Å². The zero-order valence-electron chi connectivity index (χ0n) is 16.2. The third-order valence-electron chi connectivity index (χ3n) is 5.55. The largest absolute Gasteiger partial charge is 0.497 e. The molecule has 2 saturated heterocycles. The zero-order chi connectivity index (χ0) is 18.5. The van der Waals surface area contributed by atoms with Gasteiger partial charge in [-0.05, 0) is 37.0 Å². The Bertz CT molecular complexity index is 739. The van der Waals surface area contributed by atoms with Gasteiger partial charge in [-0.2, -0.15) is 0 Å². The van der Waals surface area contributed by atoms with Gasteiger partial charge in [0.15, 0.2) is 0 Å². The van der Waals surface area contributed by atoms with Crippen LogP contribution in [0.3, 0.4) is 0 Å². The van der Waals surface area contributed by atoms with Crippen LogP contribution in [0.5, 0.6) is 5.75 Å². The maximum atomic E-state index is 5.34. The second kappa shape index (κ2) is 8.57. The van der Waals surface area contributed by atoms with Crippen molar-refractivity contribution < 1.29 is 4.74 Å². The molecule has 0 bridgehead atoms. The molecule has 27 heavy (non-hydrogen) atoms. The number of piperidine rings is 1. The van der Waals surface area contributed by atoms with Gasteiger partial charge in [0.2, 0.25) is 0 Å². The van der Waals surface area contributed by atoms with E-state index < -0.39 is 0 Å². The van der Waals surface area contributed by atoms with Crippen LogP contribution < -0.4 is 14.5 Å². The van der Waals surface area contributed by atoms with Crippen LogP contribution in [0.4, 0.5) is 11.6 Å². The number of benzene rings is 1. The lowest BCUT2D eigenvalue weighted by Crippen LogP contribution is -2.46. The Labute approximate surface area is 161 Å². The Balaban J connectivity index is 1.35. The van der Waals surface area contributed by atoms with E-state index in [0.717, 1.165) is 63.2 Å². The van der Waals surface area contributed by atoms with E-state index in [-0.39, 0.29) is 0 Å². The van der Waals surface area contributed by atoms with Crippen LogP contribution in [0.25, 0.3) is 0 Å². The van der Waals surface area contributed by atoms with E-state index in [4.69, 9.17) is 4.74 Å². The van der Waals surface area contributed by atoms with Gasteiger partial charge in [-0.3, -0.25) is 4.90 Å². The molecule has 1 aromatic carbocycles. The maximum Gasteiger partial charge on any atom is 0.134 e. The lowest BCUT2D eigenvalue weighted by Gasteiger charge is -2.36. The third kappa shape index (κ3) is 4.50. The van der Waals surface area contributed by atoms with Gasteiger partial charge in [-0.25, -0.2) is 9.97 Å². The van der Waals surface area contributed by atoms with Crippen molar-refractivity contribution in [2.45, 2.75) is 25.8 Å². The third-order valence-corrected chi connectivity index (χ3v) is 5.55. The van der Waals surface area contributed by atoms with Crippen molar-refractivity contribution in [2.24, 2.45) is 0 Å². The molecular weight excluding hydrogens is 338 g/mol. The van der Waals surface area contributed by atoms with Gasteiger partial charge < -0.3 is 14.5 Å². The van der Waals surface area contributed by atoms with Crippen molar-refractivity contribution in [1.82, 2.24) is 14.9 Å². The lowest BCUT2D eigenvalue weighted by molar-refractivity contribution is 0.249. The number of rotatable bonds is 5. The molecule has 4 rings (SSSR count). The molecule has 0 atom stereocenters. The van der Waals surface area contributed by atoms with E-state index in [1.165, 1.54) is 24.8 Å². The summed E-state index contributed by atoms with van der Waals surface area (Å²) < 4.78 is 5.34. The van der Waals surface area contributed by atoms with Gasteiger partial charge >= 0.3 is 0 Å². The summed E-state index contributed by atoms with van der Waals surface area (Å²) in [4.78, 5) is 16.3. The van der Waals surface area contributed by atoms with Crippen molar-refractivity contribution in [3.63, 3.8) is 0 Å². The Morgan fingerprint density at radius 3 is 2.26 bits per heavy atom. The number of methoxy groups -OCH3 is 1. The van der Waals surface area contributed by atoms with Gasteiger partial charge in [-0.15, -0.1) is 0 Å². The second-order valence-electron chi connectivity index (χ2n) is 7.40. The van der Waals surface area contributed by atoms with Crippen LogP contribution in [0.1, 0.15) is 24.8 Å². The molecule has 0 saturated carbocycles. The van der Waals surface area contributed by atoms with Crippen LogP contribution in [-0.2, 0) is 6.54 Å². The van der Waals surface area contributed by atoms with E-state index in [9.17, 15) is 0 Å². The molecule has 6 nitrogen and oxygen atoms in total. The fourth-order valence-corrected chi connectivity index (χ4v) is 3.97. The average Bonchev–Trinajstić information content (AvgIpc) is 2.75. The second-order valence-corrected chi connectivity index (χ2v) is 7.40. The molecule has 2 fully saturated rings. The standard InChI is InChI=1S/C21H29N5O/c1-27-19-7-5-6-18(14-19)16-24-10-12-26(13-11-24)21-15-20(22-17-23-21)25-8-3-2-4-9-25/h5-7,14-15,17H,2-4,8-13,16H2,1H3. The Morgan fingerprint density at radius 1 is 0.852 bits per heavy atom. The molecule has 144 valence electrons. The average molecular weight is 367 g/mol. The molecule has 1 aromatic heterocycles. The Hall–Kier alpha value is -2.34. The zero-order valence-corrected chi connectivity index (χ0v) is 16.2. The summed E-state index contributed by atoms with van der Waals surface area (Å²) in [7, 11) is 1.72. The number of nitrogens with zero attached hydrogens (tertiary/aromatic N) is 5. The van der Waals surface area contributed by atoms with Crippen molar-refractivity contribution >= 4 is 11.6 Å². The first-order chi connectivity index (χ1) is 13.3. The van der Waals surface area contributed by atoms with Crippen LogP contribution in [0, 0.1) is 0 Å². The number of hydrogen-bond donors (Lipinski definition) is 0. The molecule has 2 aliphatic heterocycles. The summed E-state index contributed by atoms with van der Waals surface area (Å²) in [6.07, 6.45) is 5.59. The van der Waals surface area contributed by atoms with Crippen molar-refractivity contribution in [1.29, 1.82) is 0 Å². The molecule has 0 N–H and O–H groups in total. The maximum absolute atomic E-state index is 5.34. The monoisotopic (exact) mass is 367 g/mol. The summed E-state index contributed by atoms with van der Waals surface area (Å²) >= 11 is 0. The van der Waals surface area contributed by atoms with E-state index >= 15 is 0 Å². The number of aromatic nitrogens is 2. The minimum Gasteiger partial charge on any atom is -0.497 e. The first-order valence-electron chi connectivity index (χ1n) is 9.99. The summed E-state index contributed by atoms with van der Waals surface area (Å²) in [5.74, 6) is 3.07. The van der Waals surface area contributed by atoms with Gasteiger partial charge in [0.05, 0.1) is 7.11 Å². The number of hydrogen-bond acceptors (Lipinski definition) is 6. The first-order valence-corrected chi connectivity index (χ1v) is 9.99. The summed E-state index contributed by atoms with van der Waals surface area (Å²) in [6, 6.07) is 10.5. The van der Waals surface area contributed by atoms with Crippen LogP contribution in [0.15, 0.2) is 36.7 Å². The number of piperazine rings is 1. The summed E-state index contributed by atoms with van der Waals surface area (Å²) in [5, 5.41) is 0. The number of ether oxygens (including phenoxy) is 1. The lowest BCUT2D eigenvalue weighted by atomic mass is 10.1. The van der Waals surface area contributed by atoms with Crippen molar-refractivity contribution in [2.75, 3.05) is 56.2 Å². The van der Waals surface area contributed by atoms with Crippen molar-refractivity contribution in [3.8, 4) is 5.75 Å². The fraction of sp³-hybridized carbons (Fsp3) is 0.524. The minimum atomic E-state index is 0.928. The normalized spacial score (nSPS) is 18.6. The van der Waals surface area contributed by atoms with Crippen LogP contribution in [-0.4, -0.2) is 61.2 Å². The molecule has 3 heterocycles. The highest BCUT2D eigenvalue weighted by Gasteiger charge is 2.20. The van der Waals surface area contributed by atoms with Crippen LogP contribution >= 0.6 is 0 Å². The molecule has 0 spiro atoms. The van der Waals surface area contributed by atoms with E-state index in [2.05, 4.69) is 48.9 Å². The first kappa shape index (κ1) is 18.0. The summed E-state index contributed by atoms with van der Waals surface area (Å²) in [5.41, 5.74) is 1.30. The SMILES string of the molecule is COc1cccc(CN2CCN(c3cc(N4CCCCC4)ncn3)CC2)c1. The highest BCUT2D eigenvalue weighted by atomic mass is 16.5. The molecule has 2 aromatic rings. The quantitative estimate of drug-likeness (QED) is 0.810. The van der Waals surface area contributed by atoms with E-state index in [1.807, 2.05) is 6.07 Å². The van der Waals surface area contributed by atoms with Gasteiger partial charge in [0.25, 0.3) is 0 Å². The Morgan fingerprint density at radius 2 is 1.56 bits per heavy atom. The molecule has 0 radical (unpaired) electrons. The topological polar surface area (TPSA) is 44.7 Å². The molecule has 2 aliphatic rings. The minimum absolute atomic E-state index is 0.928. The Kier molecular flexibility index (Phi) is 5.72. The highest BCUT2D eigenvalue weighted by molar-refractivity contribution is 5.50.